The van der Waals surface area contributed by atoms with Gasteiger partial charge in [-0.05, 0) is 25.1 Å². The zero-order valence-corrected chi connectivity index (χ0v) is 14.6. The summed E-state index contributed by atoms with van der Waals surface area (Å²) in [5.41, 5.74) is 2.21. The van der Waals surface area contributed by atoms with E-state index in [1.165, 1.54) is 14.2 Å². The molecule has 0 bridgehead atoms. The number of hydrogen-bond donors (Lipinski definition) is 2. The van der Waals surface area contributed by atoms with Gasteiger partial charge in [-0.15, -0.1) is 0 Å². The van der Waals surface area contributed by atoms with Gasteiger partial charge in [0.25, 0.3) is 0 Å². The Labute approximate surface area is 149 Å². The van der Waals surface area contributed by atoms with E-state index in [9.17, 15) is 4.79 Å². The van der Waals surface area contributed by atoms with Crippen molar-refractivity contribution in [3.63, 3.8) is 0 Å². The van der Waals surface area contributed by atoms with Crippen LogP contribution < -0.4 is 20.1 Å². The molecule has 0 aliphatic heterocycles. The largest absolute Gasteiger partial charge is 0.481 e. The van der Waals surface area contributed by atoms with Crippen LogP contribution in [0.3, 0.4) is 0 Å². The van der Waals surface area contributed by atoms with Crippen molar-refractivity contribution in [3.8, 4) is 23.0 Å². The predicted molar refractivity (Wildman–Crippen MR) is 96.4 cm³/mol. The number of urea groups is 1. The molecule has 2 amide bonds. The molecule has 0 aliphatic carbocycles. The highest BCUT2D eigenvalue weighted by atomic mass is 16.5. The molecule has 0 radical (unpaired) electrons. The van der Waals surface area contributed by atoms with Gasteiger partial charge in [0.15, 0.2) is 5.65 Å². The Morgan fingerprint density at radius 1 is 1.08 bits per heavy atom. The maximum absolute atomic E-state index is 11.6. The molecule has 0 unspecified atom stereocenters. The van der Waals surface area contributed by atoms with Crippen LogP contribution >= 0.6 is 0 Å². The first-order valence-electron chi connectivity index (χ1n) is 7.92. The van der Waals surface area contributed by atoms with Crippen LogP contribution in [0.25, 0.3) is 22.4 Å². The van der Waals surface area contributed by atoms with E-state index in [0.717, 1.165) is 0 Å². The van der Waals surface area contributed by atoms with Gasteiger partial charge in [-0.2, -0.15) is 4.98 Å². The average molecular weight is 354 g/mol. The molecule has 9 nitrogen and oxygen atoms in total. The van der Waals surface area contributed by atoms with Crippen LogP contribution in [0.2, 0.25) is 0 Å². The second kappa shape index (κ2) is 7.60. The number of pyridine rings is 2. The zero-order valence-electron chi connectivity index (χ0n) is 14.6. The number of anilines is 1. The molecule has 0 spiro atoms. The quantitative estimate of drug-likeness (QED) is 0.723. The van der Waals surface area contributed by atoms with E-state index in [1.54, 1.807) is 30.5 Å². The summed E-state index contributed by atoms with van der Waals surface area (Å²) in [6, 6.07) is 6.58. The van der Waals surface area contributed by atoms with E-state index in [0.29, 0.717) is 46.5 Å². The molecule has 0 atom stereocenters. The van der Waals surface area contributed by atoms with Crippen molar-refractivity contribution < 1.29 is 14.3 Å². The third kappa shape index (κ3) is 3.61. The minimum absolute atomic E-state index is 0.329. The van der Waals surface area contributed by atoms with Crippen molar-refractivity contribution in [1.82, 2.24) is 25.3 Å². The number of rotatable bonds is 5. The Balaban J connectivity index is 1.99. The van der Waals surface area contributed by atoms with Gasteiger partial charge in [0.2, 0.25) is 11.8 Å². The summed E-state index contributed by atoms with van der Waals surface area (Å²) in [4.78, 5) is 29.1. The van der Waals surface area contributed by atoms with Crippen molar-refractivity contribution in [2.75, 3.05) is 26.1 Å². The molecule has 3 rings (SSSR count). The van der Waals surface area contributed by atoms with Crippen LogP contribution in [0.5, 0.6) is 11.8 Å². The standard InChI is InChI=1S/C17H18N6O3/c1-4-18-17(24)22-13-7-6-11-15(21-13)20-12(9-19-11)10-5-8-14(25-2)23-16(10)26-3/h5-9H,4H2,1-3H3,(H2,18,20,21,22,24). The molecule has 0 fully saturated rings. The summed E-state index contributed by atoms with van der Waals surface area (Å²) in [5.74, 6) is 1.19. The molecule has 3 heterocycles. The summed E-state index contributed by atoms with van der Waals surface area (Å²) in [6.07, 6.45) is 1.62. The first-order valence-corrected chi connectivity index (χ1v) is 7.92. The Hall–Kier alpha value is -3.49. The summed E-state index contributed by atoms with van der Waals surface area (Å²) >= 11 is 0. The van der Waals surface area contributed by atoms with Crippen molar-refractivity contribution in [1.29, 1.82) is 0 Å². The number of aromatic nitrogens is 4. The number of ether oxygens (including phenoxy) is 2. The maximum Gasteiger partial charge on any atom is 0.320 e. The summed E-state index contributed by atoms with van der Waals surface area (Å²) in [5, 5.41) is 5.29. The number of nitrogens with one attached hydrogen (secondary N) is 2. The van der Waals surface area contributed by atoms with E-state index in [1.807, 2.05) is 6.92 Å². The summed E-state index contributed by atoms with van der Waals surface area (Å²) in [6.45, 7) is 2.36. The summed E-state index contributed by atoms with van der Waals surface area (Å²) in [7, 11) is 3.05. The number of carbonyl (C=O) groups excluding carboxylic acids is 1. The maximum atomic E-state index is 11.6. The number of amides is 2. The van der Waals surface area contributed by atoms with E-state index in [4.69, 9.17) is 9.47 Å². The summed E-state index contributed by atoms with van der Waals surface area (Å²) < 4.78 is 10.4. The second-order valence-corrected chi connectivity index (χ2v) is 5.19. The van der Waals surface area contributed by atoms with Gasteiger partial charge in [-0.1, -0.05) is 0 Å². The van der Waals surface area contributed by atoms with E-state index < -0.39 is 0 Å². The van der Waals surface area contributed by atoms with E-state index >= 15 is 0 Å². The van der Waals surface area contributed by atoms with E-state index in [2.05, 4.69) is 30.6 Å². The van der Waals surface area contributed by atoms with Crippen molar-refractivity contribution >= 4 is 23.0 Å². The highest BCUT2D eigenvalue weighted by molar-refractivity contribution is 5.89. The number of hydrogen-bond acceptors (Lipinski definition) is 7. The lowest BCUT2D eigenvalue weighted by Gasteiger charge is -2.09. The normalized spacial score (nSPS) is 10.4. The monoisotopic (exact) mass is 354 g/mol. The molecule has 0 saturated heterocycles. The van der Waals surface area contributed by atoms with Crippen LogP contribution in [-0.4, -0.2) is 46.7 Å². The van der Waals surface area contributed by atoms with Gasteiger partial charge in [0, 0.05) is 12.6 Å². The third-order valence-corrected chi connectivity index (χ3v) is 3.50. The molecule has 2 N–H and O–H groups in total. The fourth-order valence-corrected chi connectivity index (χ4v) is 2.31. The molecule has 134 valence electrons. The lowest BCUT2D eigenvalue weighted by molar-refractivity contribution is 0.252. The Morgan fingerprint density at radius 2 is 1.92 bits per heavy atom. The molecular weight excluding hydrogens is 336 g/mol. The lowest BCUT2D eigenvalue weighted by atomic mass is 10.2. The fraction of sp³-hybridized carbons (Fsp3) is 0.235. The highest BCUT2D eigenvalue weighted by Gasteiger charge is 2.13. The van der Waals surface area contributed by atoms with Gasteiger partial charge in [0.05, 0.1) is 31.7 Å². The van der Waals surface area contributed by atoms with Crippen LogP contribution in [0.4, 0.5) is 10.6 Å². The number of fused-ring (bicyclic) bond motifs is 1. The fourth-order valence-electron chi connectivity index (χ4n) is 2.31. The van der Waals surface area contributed by atoms with Crippen LogP contribution in [0.15, 0.2) is 30.5 Å². The smallest absolute Gasteiger partial charge is 0.320 e. The molecule has 3 aromatic heterocycles. The Morgan fingerprint density at radius 3 is 2.65 bits per heavy atom. The van der Waals surface area contributed by atoms with Gasteiger partial charge in [-0.3, -0.25) is 10.3 Å². The Kier molecular flexibility index (Phi) is 5.07. The molecule has 0 saturated carbocycles. The van der Waals surface area contributed by atoms with Crippen LogP contribution in [-0.2, 0) is 0 Å². The predicted octanol–water partition coefficient (Wildman–Crippen LogP) is 2.25. The molecule has 9 heteroatoms. The lowest BCUT2D eigenvalue weighted by Crippen LogP contribution is -2.28. The van der Waals surface area contributed by atoms with Crippen molar-refractivity contribution in [2.45, 2.75) is 6.92 Å². The SMILES string of the molecule is CCNC(=O)Nc1ccc2ncc(-c3ccc(OC)nc3OC)nc2n1. The van der Waals surface area contributed by atoms with Crippen LogP contribution in [0.1, 0.15) is 6.92 Å². The number of methoxy groups -OCH3 is 2. The second-order valence-electron chi connectivity index (χ2n) is 5.19. The number of nitrogens with zero attached hydrogens (tertiary/aromatic N) is 4. The molecule has 0 aliphatic rings. The van der Waals surface area contributed by atoms with E-state index in [-0.39, 0.29) is 6.03 Å². The molecule has 26 heavy (non-hydrogen) atoms. The molecular formula is C17H18N6O3. The minimum Gasteiger partial charge on any atom is -0.481 e. The van der Waals surface area contributed by atoms with Gasteiger partial charge < -0.3 is 14.8 Å². The average Bonchev–Trinajstić information content (AvgIpc) is 2.67. The minimum atomic E-state index is -0.329. The molecule has 0 aromatic carbocycles. The van der Waals surface area contributed by atoms with Gasteiger partial charge in [0.1, 0.15) is 11.3 Å². The van der Waals surface area contributed by atoms with Crippen molar-refractivity contribution in [2.24, 2.45) is 0 Å². The van der Waals surface area contributed by atoms with Gasteiger partial charge >= 0.3 is 6.03 Å². The van der Waals surface area contributed by atoms with Crippen molar-refractivity contribution in [3.05, 3.63) is 30.5 Å². The first-order chi connectivity index (χ1) is 12.6. The Bertz CT molecular complexity index is 947. The third-order valence-electron chi connectivity index (χ3n) is 3.50. The number of carbonyl (C=O) groups is 1. The van der Waals surface area contributed by atoms with Crippen LogP contribution in [0, 0.1) is 0 Å². The molecule has 3 aromatic rings. The first kappa shape index (κ1) is 17.3. The zero-order chi connectivity index (χ0) is 18.5. The highest BCUT2D eigenvalue weighted by Crippen LogP contribution is 2.29. The topological polar surface area (TPSA) is 111 Å². The van der Waals surface area contributed by atoms with Gasteiger partial charge in [-0.25, -0.2) is 14.8 Å².